The van der Waals surface area contributed by atoms with Gasteiger partial charge in [0.1, 0.15) is 12.4 Å². The summed E-state index contributed by atoms with van der Waals surface area (Å²) < 4.78 is 29.8. The zero-order chi connectivity index (χ0) is 19.3. The molecule has 0 saturated heterocycles. The number of anilines is 1. The number of carbonyl (C=O) groups excluding carboxylic acids is 1. The van der Waals surface area contributed by atoms with Gasteiger partial charge >= 0.3 is 0 Å². The molecule has 0 bridgehead atoms. The van der Waals surface area contributed by atoms with Crippen LogP contribution >= 0.6 is 0 Å². The summed E-state index contributed by atoms with van der Waals surface area (Å²) in [5.41, 5.74) is 3.22. The predicted octanol–water partition coefficient (Wildman–Crippen LogP) is 2.51. The van der Waals surface area contributed by atoms with Crippen LogP contribution in [0.25, 0.3) is 0 Å². The minimum absolute atomic E-state index is 0.234. The molecule has 0 radical (unpaired) electrons. The maximum Gasteiger partial charge on any atom is 0.251 e. The third-order valence-electron chi connectivity index (χ3n) is 3.84. The number of rotatable bonds is 7. The lowest BCUT2D eigenvalue weighted by Gasteiger charge is -2.16. The first-order valence-corrected chi connectivity index (χ1v) is 10.0. The Morgan fingerprint density at radius 3 is 2.19 bits per heavy atom. The number of nitrogens with zero attached hydrogens (tertiary/aromatic N) is 1. The average molecular weight is 376 g/mol. The Hall–Kier alpha value is -2.54. The highest BCUT2D eigenvalue weighted by Gasteiger charge is 2.12. The maximum absolute atomic E-state index is 12.1. The van der Waals surface area contributed by atoms with Crippen LogP contribution in [-0.2, 0) is 10.0 Å². The lowest BCUT2D eigenvalue weighted by Crippen LogP contribution is -2.28. The predicted molar refractivity (Wildman–Crippen MR) is 103 cm³/mol. The zero-order valence-corrected chi connectivity index (χ0v) is 16.3. The molecule has 140 valence electrons. The fraction of sp³-hybridized carbons (Fsp3) is 0.316. The number of ether oxygens (including phenoxy) is 1. The van der Waals surface area contributed by atoms with Crippen LogP contribution in [0.4, 0.5) is 5.69 Å². The van der Waals surface area contributed by atoms with Crippen LogP contribution in [0.1, 0.15) is 21.5 Å². The van der Waals surface area contributed by atoms with Crippen LogP contribution in [0, 0.1) is 13.8 Å². The molecule has 1 amide bonds. The van der Waals surface area contributed by atoms with Crippen molar-refractivity contribution in [3.8, 4) is 5.75 Å². The van der Waals surface area contributed by atoms with Crippen molar-refractivity contribution in [3.05, 3.63) is 59.2 Å². The first kappa shape index (κ1) is 19.8. The molecule has 0 heterocycles. The van der Waals surface area contributed by atoms with Gasteiger partial charge < -0.3 is 10.1 Å². The van der Waals surface area contributed by atoms with E-state index in [9.17, 15) is 13.2 Å². The summed E-state index contributed by atoms with van der Waals surface area (Å²) in [6.07, 6.45) is 1.13. The van der Waals surface area contributed by atoms with E-state index in [2.05, 4.69) is 11.4 Å². The van der Waals surface area contributed by atoms with Crippen LogP contribution in [0.5, 0.6) is 5.75 Å². The molecule has 0 aromatic heterocycles. The summed E-state index contributed by atoms with van der Waals surface area (Å²) in [4.78, 5) is 12.1. The van der Waals surface area contributed by atoms with Gasteiger partial charge in [-0.05, 0) is 61.4 Å². The number of hydrogen-bond acceptors (Lipinski definition) is 4. The normalized spacial score (nSPS) is 11.1. The Morgan fingerprint density at radius 2 is 1.65 bits per heavy atom. The number of amides is 1. The van der Waals surface area contributed by atoms with Crippen molar-refractivity contribution in [3.63, 3.8) is 0 Å². The second kappa shape index (κ2) is 8.23. The number of nitrogens with one attached hydrogen (secondary N) is 1. The average Bonchev–Trinajstić information content (AvgIpc) is 2.56. The molecule has 0 aliphatic heterocycles. The van der Waals surface area contributed by atoms with Gasteiger partial charge in [0, 0.05) is 12.6 Å². The van der Waals surface area contributed by atoms with Gasteiger partial charge in [-0.25, -0.2) is 8.42 Å². The SMILES string of the molecule is Cc1cc(C)cc(OCCNC(=O)c2ccc(N(C)S(C)(=O)=O)cc2)c1. The highest BCUT2D eigenvalue weighted by atomic mass is 32.2. The number of benzene rings is 2. The highest BCUT2D eigenvalue weighted by Crippen LogP contribution is 2.17. The van der Waals surface area contributed by atoms with E-state index in [1.807, 2.05) is 26.0 Å². The first-order valence-electron chi connectivity index (χ1n) is 8.20. The molecule has 7 heteroatoms. The van der Waals surface area contributed by atoms with E-state index in [4.69, 9.17) is 4.74 Å². The van der Waals surface area contributed by atoms with Crippen molar-refractivity contribution < 1.29 is 17.9 Å². The molecule has 6 nitrogen and oxygen atoms in total. The van der Waals surface area contributed by atoms with Gasteiger partial charge in [0.2, 0.25) is 10.0 Å². The maximum atomic E-state index is 12.1. The third kappa shape index (κ3) is 5.49. The Balaban J connectivity index is 1.86. The summed E-state index contributed by atoms with van der Waals surface area (Å²) in [7, 11) is -1.86. The second-order valence-electron chi connectivity index (χ2n) is 6.21. The summed E-state index contributed by atoms with van der Waals surface area (Å²) in [6.45, 7) is 4.75. The molecule has 2 aromatic rings. The topological polar surface area (TPSA) is 75.7 Å². The highest BCUT2D eigenvalue weighted by molar-refractivity contribution is 7.92. The quantitative estimate of drug-likeness (QED) is 0.754. The van der Waals surface area contributed by atoms with Gasteiger partial charge in [-0.15, -0.1) is 0 Å². The molecule has 2 aromatic carbocycles. The van der Waals surface area contributed by atoms with Crippen LogP contribution in [-0.4, -0.2) is 40.8 Å². The van der Waals surface area contributed by atoms with Crippen molar-refractivity contribution in [2.45, 2.75) is 13.8 Å². The van der Waals surface area contributed by atoms with E-state index in [-0.39, 0.29) is 5.91 Å². The van der Waals surface area contributed by atoms with Gasteiger partial charge in [0.15, 0.2) is 0 Å². The summed E-state index contributed by atoms with van der Waals surface area (Å²) >= 11 is 0. The fourth-order valence-electron chi connectivity index (χ4n) is 2.47. The van der Waals surface area contributed by atoms with Crippen molar-refractivity contribution in [2.24, 2.45) is 0 Å². The molecule has 0 aliphatic rings. The Labute approximate surface area is 154 Å². The van der Waals surface area contributed by atoms with E-state index in [1.54, 1.807) is 24.3 Å². The van der Waals surface area contributed by atoms with Gasteiger partial charge in [-0.1, -0.05) is 6.07 Å². The van der Waals surface area contributed by atoms with Crippen molar-refractivity contribution in [1.29, 1.82) is 0 Å². The van der Waals surface area contributed by atoms with Crippen molar-refractivity contribution in [2.75, 3.05) is 30.8 Å². The van der Waals surface area contributed by atoms with E-state index >= 15 is 0 Å². The van der Waals surface area contributed by atoms with Gasteiger partial charge in [-0.2, -0.15) is 0 Å². The lowest BCUT2D eigenvalue weighted by molar-refractivity contribution is 0.0947. The van der Waals surface area contributed by atoms with Crippen LogP contribution in [0.2, 0.25) is 0 Å². The smallest absolute Gasteiger partial charge is 0.251 e. The minimum atomic E-state index is -3.32. The van der Waals surface area contributed by atoms with E-state index in [0.717, 1.165) is 27.4 Å². The van der Waals surface area contributed by atoms with E-state index in [0.29, 0.717) is 24.4 Å². The largest absolute Gasteiger partial charge is 0.492 e. The van der Waals surface area contributed by atoms with Gasteiger partial charge in [0.25, 0.3) is 5.91 Å². The van der Waals surface area contributed by atoms with Crippen LogP contribution in [0.3, 0.4) is 0 Å². The van der Waals surface area contributed by atoms with Crippen molar-refractivity contribution in [1.82, 2.24) is 5.32 Å². The molecule has 26 heavy (non-hydrogen) atoms. The third-order valence-corrected chi connectivity index (χ3v) is 5.05. The number of carbonyl (C=O) groups is 1. The Morgan fingerprint density at radius 1 is 1.08 bits per heavy atom. The standard InChI is InChI=1S/C19H24N2O4S/c1-14-11-15(2)13-18(12-14)25-10-9-20-19(22)16-5-7-17(8-6-16)21(3)26(4,23)24/h5-8,11-13H,9-10H2,1-4H3,(H,20,22). The molecule has 0 fully saturated rings. The molecule has 0 spiro atoms. The number of aryl methyl sites for hydroxylation is 2. The van der Waals surface area contributed by atoms with Gasteiger partial charge in [0.05, 0.1) is 18.5 Å². The van der Waals surface area contributed by atoms with Crippen LogP contribution in [0.15, 0.2) is 42.5 Å². The Kier molecular flexibility index (Phi) is 6.26. The number of sulfonamides is 1. The molecule has 0 aliphatic carbocycles. The molecule has 2 rings (SSSR count). The molecular formula is C19H24N2O4S. The lowest BCUT2D eigenvalue weighted by atomic mass is 10.1. The van der Waals surface area contributed by atoms with Gasteiger partial charge in [-0.3, -0.25) is 9.10 Å². The Bertz CT molecular complexity index is 857. The van der Waals surface area contributed by atoms with E-state index in [1.165, 1.54) is 7.05 Å². The zero-order valence-electron chi connectivity index (χ0n) is 15.4. The molecular weight excluding hydrogens is 352 g/mol. The first-order chi connectivity index (χ1) is 12.2. The molecule has 0 saturated carbocycles. The van der Waals surface area contributed by atoms with E-state index < -0.39 is 10.0 Å². The minimum Gasteiger partial charge on any atom is -0.492 e. The molecule has 1 N–H and O–H groups in total. The second-order valence-corrected chi connectivity index (χ2v) is 8.22. The number of hydrogen-bond donors (Lipinski definition) is 1. The molecule has 0 atom stereocenters. The summed E-state index contributed by atoms with van der Waals surface area (Å²) in [6, 6.07) is 12.4. The summed E-state index contributed by atoms with van der Waals surface area (Å²) in [5.74, 6) is 0.549. The molecule has 0 unspecified atom stereocenters. The summed E-state index contributed by atoms with van der Waals surface area (Å²) in [5, 5.41) is 2.78. The van der Waals surface area contributed by atoms with Crippen LogP contribution < -0.4 is 14.4 Å². The fourth-order valence-corrected chi connectivity index (χ4v) is 2.97. The van der Waals surface area contributed by atoms with Crippen molar-refractivity contribution >= 4 is 21.6 Å². The monoisotopic (exact) mass is 376 g/mol.